The summed E-state index contributed by atoms with van der Waals surface area (Å²) < 4.78 is 0.796. The quantitative estimate of drug-likeness (QED) is 0.696. The first-order chi connectivity index (χ1) is 9.88. The lowest BCUT2D eigenvalue weighted by molar-refractivity contribution is -0.138. The van der Waals surface area contributed by atoms with Gasteiger partial charge in [0, 0.05) is 17.4 Å². The third-order valence-electron chi connectivity index (χ3n) is 2.94. The molecule has 0 aromatic heterocycles. The number of para-hydroxylation sites is 1. The molecule has 0 spiro atoms. The molecule has 21 heavy (non-hydrogen) atoms. The summed E-state index contributed by atoms with van der Waals surface area (Å²) in [5.41, 5.74) is 0.675. The molecule has 1 aromatic carbocycles. The first-order valence-corrected chi connectivity index (χ1v) is 7.69. The fourth-order valence-corrected chi connectivity index (χ4v) is 2.50. The summed E-state index contributed by atoms with van der Waals surface area (Å²) in [5.74, 6) is -0.511. The van der Waals surface area contributed by atoms with Crippen molar-refractivity contribution in [1.82, 2.24) is 5.32 Å². The van der Waals surface area contributed by atoms with Gasteiger partial charge < -0.3 is 15.7 Å². The van der Waals surface area contributed by atoms with Crippen molar-refractivity contribution in [2.45, 2.75) is 26.7 Å². The average molecular weight is 357 g/mol. The Bertz CT molecular complexity index is 492. The van der Waals surface area contributed by atoms with E-state index in [1.54, 1.807) is 6.07 Å². The maximum Gasteiger partial charge on any atom is 0.319 e. The Morgan fingerprint density at radius 3 is 2.52 bits per heavy atom. The molecule has 1 atom stereocenters. The van der Waals surface area contributed by atoms with Crippen molar-refractivity contribution in [2.75, 3.05) is 11.9 Å². The van der Waals surface area contributed by atoms with Gasteiger partial charge in [-0.1, -0.05) is 26.0 Å². The predicted molar refractivity (Wildman–Crippen MR) is 86.4 cm³/mol. The second-order valence-corrected chi connectivity index (χ2v) is 6.26. The first-order valence-electron chi connectivity index (χ1n) is 6.89. The summed E-state index contributed by atoms with van der Waals surface area (Å²) in [6.45, 7) is 4.42. The van der Waals surface area contributed by atoms with Crippen LogP contribution in [0, 0.1) is 11.8 Å². The average Bonchev–Trinajstić information content (AvgIpc) is 2.37. The van der Waals surface area contributed by atoms with Gasteiger partial charge in [0.25, 0.3) is 0 Å². The summed E-state index contributed by atoms with van der Waals surface area (Å²) in [4.78, 5) is 22.7. The highest BCUT2D eigenvalue weighted by Crippen LogP contribution is 2.21. The van der Waals surface area contributed by atoms with Crippen molar-refractivity contribution in [3.63, 3.8) is 0 Å². The molecule has 0 bridgehead atoms. The van der Waals surface area contributed by atoms with Gasteiger partial charge in [0.15, 0.2) is 0 Å². The maximum absolute atomic E-state index is 11.9. The summed E-state index contributed by atoms with van der Waals surface area (Å²) in [5, 5.41) is 14.4. The molecule has 0 fully saturated rings. The molecule has 2 amide bonds. The van der Waals surface area contributed by atoms with E-state index in [2.05, 4.69) is 26.6 Å². The Labute approximate surface area is 133 Å². The molecule has 0 heterocycles. The fraction of sp³-hybridized carbons (Fsp3) is 0.467. The molecule has 0 radical (unpaired) electrons. The number of anilines is 1. The van der Waals surface area contributed by atoms with Crippen LogP contribution < -0.4 is 10.6 Å². The zero-order valence-corrected chi connectivity index (χ0v) is 13.8. The molecule has 1 aromatic rings. The van der Waals surface area contributed by atoms with Gasteiger partial charge in [-0.15, -0.1) is 0 Å². The number of carbonyl (C=O) groups excluding carboxylic acids is 1. The van der Waals surface area contributed by atoms with E-state index in [4.69, 9.17) is 5.11 Å². The van der Waals surface area contributed by atoms with E-state index in [9.17, 15) is 9.59 Å². The van der Waals surface area contributed by atoms with Crippen LogP contribution in [0.25, 0.3) is 0 Å². The molecule has 0 aliphatic carbocycles. The van der Waals surface area contributed by atoms with Gasteiger partial charge in [-0.25, -0.2) is 4.79 Å². The highest BCUT2D eigenvalue weighted by molar-refractivity contribution is 9.10. The monoisotopic (exact) mass is 356 g/mol. The number of halogens is 1. The van der Waals surface area contributed by atoms with Gasteiger partial charge in [0.05, 0.1) is 5.69 Å². The Kier molecular flexibility index (Phi) is 7.22. The van der Waals surface area contributed by atoms with E-state index in [0.29, 0.717) is 18.2 Å². The van der Waals surface area contributed by atoms with Crippen molar-refractivity contribution >= 4 is 33.6 Å². The number of carbonyl (C=O) groups is 2. The zero-order valence-electron chi connectivity index (χ0n) is 12.2. The van der Waals surface area contributed by atoms with Crippen LogP contribution in [-0.4, -0.2) is 23.7 Å². The van der Waals surface area contributed by atoms with Crippen LogP contribution in [0.2, 0.25) is 0 Å². The SMILES string of the molecule is CC(C)CC(CNC(=O)Nc1ccccc1Br)CC(=O)O. The molecule has 116 valence electrons. The number of carboxylic acid groups (broad SMARTS) is 1. The van der Waals surface area contributed by atoms with E-state index in [1.807, 2.05) is 32.0 Å². The fourth-order valence-electron chi connectivity index (χ4n) is 2.12. The summed E-state index contributed by atoms with van der Waals surface area (Å²) in [7, 11) is 0. The third-order valence-corrected chi connectivity index (χ3v) is 3.63. The van der Waals surface area contributed by atoms with Crippen molar-refractivity contribution in [3.05, 3.63) is 28.7 Å². The van der Waals surface area contributed by atoms with Gasteiger partial charge in [-0.2, -0.15) is 0 Å². The molecule has 0 aliphatic heterocycles. The van der Waals surface area contributed by atoms with Crippen LogP contribution in [0.4, 0.5) is 10.5 Å². The van der Waals surface area contributed by atoms with Crippen LogP contribution in [0.3, 0.4) is 0 Å². The number of aliphatic carboxylic acids is 1. The lowest BCUT2D eigenvalue weighted by Gasteiger charge is -2.18. The number of carboxylic acids is 1. The minimum absolute atomic E-state index is 0.0625. The summed E-state index contributed by atoms with van der Waals surface area (Å²) >= 11 is 3.35. The molecular formula is C15H21BrN2O3. The predicted octanol–water partition coefficient (Wildman–Crippen LogP) is 3.71. The second-order valence-electron chi connectivity index (χ2n) is 5.41. The first kappa shape index (κ1) is 17.5. The Morgan fingerprint density at radius 1 is 1.29 bits per heavy atom. The minimum Gasteiger partial charge on any atom is -0.481 e. The van der Waals surface area contributed by atoms with E-state index in [-0.39, 0.29) is 18.4 Å². The van der Waals surface area contributed by atoms with Crippen LogP contribution >= 0.6 is 15.9 Å². The van der Waals surface area contributed by atoms with Crippen molar-refractivity contribution in [1.29, 1.82) is 0 Å². The van der Waals surface area contributed by atoms with Gasteiger partial charge in [0.2, 0.25) is 0 Å². The molecule has 6 heteroatoms. The standard InChI is InChI=1S/C15H21BrN2O3/c1-10(2)7-11(8-14(19)20)9-17-15(21)18-13-6-4-3-5-12(13)16/h3-6,10-11H,7-9H2,1-2H3,(H,19,20)(H2,17,18,21). The second kappa shape index (κ2) is 8.67. The number of rotatable bonds is 7. The van der Waals surface area contributed by atoms with E-state index in [0.717, 1.165) is 10.9 Å². The largest absolute Gasteiger partial charge is 0.481 e. The van der Waals surface area contributed by atoms with Crippen LogP contribution in [-0.2, 0) is 4.79 Å². The minimum atomic E-state index is -0.839. The van der Waals surface area contributed by atoms with Crippen LogP contribution in [0.15, 0.2) is 28.7 Å². The zero-order chi connectivity index (χ0) is 15.8. The van der Waals surface area contributed by atoms with Crippen LogP contribution in [0.5, 0.6) is 0 Å². The Morgan fingerprint density at radius 2 is 1.95 bits per heavy atom. The van der Waals surface area contributed by atoms with E-state index in [1.165, 1.54) is 0 Å². The highest BCUT2D eigenvalue weighted by Gasteiger charge is 2.16. The van der Waals surface area contributed by atoms with Crippen molar-refractivity contribution < 1.29 is 14.7 Å². The summed E-state index contributed by atoms with van der Waals surface area (Å²) in [6.07, 6.45) is 0.828. The molecule has 1 rings (SSSR count). The number of hydrogen-bond donors (Lipinski definition) is 3. The lowest BCUT2D eigenvalue weighted by atomic mass is 9.94. The molecule has 5 nitrogen and oxygen atoms in total. The van der Waals surface area contributed by atoms with Crippen molar-refractivity contribution in [2.24, 2.45) is 11.8 Å². The number of amides is 2. The maximum atomic E-state index is 11.9. The van der Waals surface area contributed by atoms with Gasteiger partial charge in [-0.3, -0.25) is 4.79 Å². The molecule has 0 saturated heterocycles. The lowest BCUT2D eigenvalue weighted by Crippen LogP contribution is -2.34. The Balaban J connectivity index is 2.49. The molecule has 3 N–H and O–H groups in total. The summed E-state index contributed by atoms with van der Waals surface area (Å²) in [6, 6.07) is 6.97. The van der Waals surface area contributed by atoms with Gasteiger partial charge in [0.1, 0.15) is 0 Å². The topological polar surface area (TPSA) is 78.4 Å². The van der Waals surface area contributed by atoms with E-state index < -0.39 is 5.97 Å². The van der Waals surface area contributed by atoms with Gasteiger partial charge in [-0.05, 0) is 46.3 Å². The number of urea groups is 1. The number of hydrogen-bond acceptors (Lipinski definition) is 2. The molecular weight excluding hydrogens is 336 g/mol. The highest BCUT2D eigenvalue weighted by atomic mass is 79.9. The molecule has 0 aliphatic rings. The van der Waals surface area contributed by atoms with E-state index >= 15 is 0 Å². The smallest absolute Gasteiger partial charge is 0.319 e. The normalized spacial score (nSPS) is 12.0. The number of nitrogens with one attached hydrogen (secondary N) is 2. The van der Waals surface area contributed by atoms with Gasteiger partial charge >= 0.3 is 12.0 Å². The third kappa shape index (κ3) is 7.13. The number of benzene rings is 1. The van der Waals surface area contributed by atoms with Crippen molar-refractivity contribution in [3.8, 4) is 0 Å². The molecule has 1 unspecified atom stereocenters. The van der Waals surface area contributed by atoms with Crippen LogP contribution in [0.1, 0.15) is 26.7 Å². The molecule has 0 saturated carbocycles. The Hall–Kier alpha value is -1.56.